The molecule has 0 radical (unpaired) electrons. The van der Waals surface area contributed by atoms with Gasteiger partial charge in [0.2, 0.25) is 0 Å². The van der Waals surface area contributed by atoms with Gasteiger partial charge in [-0.2, -0.15) is 0 Å². The first kappa shape index (κ1) is 20.8. The number of fused-ring (bicyclic) bond motifs is 1. The molecule has 4 aromatic rings. The maximum atomic E-state index is 15.3. The van der Waals surface area contributed by atoms with Crippen LogP contribution in [-0.2, 0) is 22.6 Å². The van der Waals surface area contributed by atoms with E-state index in [1.54, 1.807) is 17.8 Å². The summed E-state index contributed by atoms with van der Waals surface area (Å²) in [5.41, 5.74) is 6.55. The van der Waals surface area contributed by atoms with E-state index >= 15 is 4.39 Å². The van der Waals surface area contributed by atoms with E-state index < -0.39 is 43.8 Å². The number of halogens is 4. The van der Waals surface area contributed by atoms with Gasteiger partial charge in [-0.1, -0.05) is 18.2 Å². The second-order valence-corrected chi connectivity index (χ2v) is 8.84. The van der Waals surface area contributed by atoms with Crippen LogP contribution in [-0.4, -0.2) is 23.0 Å². The zero-order valence-corrected chi connectivity index (χ0v) is 16.7. The third-order valence-electron chi connectivity index (χ3n) is 4.81. The largest absolute Gasteiger partial charge is 0.383 e. The van der Waals surface area contributed by atoms with Gasteiger partial charge >= 0.3 is 0 Å². The van der Waals surface area contributed by atoms with Crippen molar-refractivity contribution in [3.8, 4) is 11.1 Å². The number of hydrogen-bond donors (Lipinski definition) is 1. The average Bonchev–Trinajstić information content (AvgIpc) is 3.05. The Morgan fingerprint density at radius 3 is 2.35 bits per heavy atom. The number of anilines is 1. The molecule has 0 amide bonds. The second kappa shape index (κ2) is 7.34. The first-order valence-electron chi connectivity index (χ1n) is 8.80. The van der Waals surface area contributed by atoms with Gasteiger partial charge in [-0.25, -0.2) is 35.9 Å². The summed E-state index contributed by atoms with van der Waals surface area (Å²) in [6.07, 6.45) is 2.85. The first-order chi connectivity index (χ1) is 14.6. The number of benzene rings is 2. The Morgan fingerprint density at radius 1 is 1.00 bits per heavy atom. The zero-order valence-electron chi connectivity index (χ0n) is 15.9. The molecular weight excluding hydrogens is 436 g/mol. The number of nitrogens with two attached hydrogens (primary N) is 1. The van der Waals surface area contributed by atoms with Crippen LogP contribution >= 0.6 is 0 Å². The molecule has 0 saturated heterocycles. The van der Waals surface area contributed by atoms with Crippen LogP contribution in [0.15, 0.2) is 47.8 Å². The normalized spacial score (nSPS) is 11.9. The Morgan fingerprint density at radius 2 is 1.68 bits per heavy atom. The summed E-state index contributed by atoms with van der Waals surface area (Å²) >= 11 is 0. The quantitative estimate of drug-likeness (QED) is 0.291. The third-order valence-corrected chi connectivity index (χ3v) is 6.46. The molecule has 2 N–H and O–H groups in total. The van der Waals surface area contributed by atoms with Gasteiger partial charge < -0.3 is 10.3 Å². The third kappa shape index (κ3) is 3.50. The number of sulfone groups is 1. The molecule has 0 aliphatic rings. The number of aryl methyl sites for hydroxylation is 1. The highest BCUT2D eigenvalue weighted by Crippen LogP contribution is 2.35. The van der Waals surface area contributed by atoms with Crippen LogP contribution in [0.4, 0.5) is 23.4 Å². The summed E-state index contributed by atoms with van der Waals surface area (Å²) in [7, 11) is -2.70. The van der Waals surface area contributed by atoms with Crippen LogP contribution in [0, 0.1) is 23.3 Å². The molecule has 4 rings (SSSR count). The maximum absolute atomic E-state index is 15.3. The maximum Gasteiger partial charge on any atom is 0.194 e. The molecule has 2 aromatic heterocycles. The molecule has 31 heavy (non-hydrogen) atoms. The summed E-state index contributed by atoms with van der Waals surface area (Å²) in [4.78, 5) is 7.23. The summed E-state index contributed by atoms with van der Waals surface area (Å²) in [6.45, 7) is 0. The lowest BCUT2D eigenvalue weighted by atomic mass is 10.0. The van der Waals surface area contributed by atoms with Gasteiger partial charge in [0.25, 0.3) is 0 Å². The Kier molecular flexibility index (Phi) is 4.92. The molecule has 0 bridgehead atoms. The second-order valence-electron chi connectivity index (χ2n) is 6.85. The molecule has 0 unspecified atom stereocenters. The molecule has 0 saturated carbocycles. The zero-order chi connectivity index (χ0) is 22.5. The fourth-order valence-corrected chi connectivity index (χ4v) is 4.70. The van der Waals surface area contributed by atoms with E-state index in [1.807, 2.05) is 0 Å². The van der Waals surface area contributed by atoms with Gasteiger partial charge in [0.05, 0.1) is 16.0 Å². The molecule has 2 heterocycles. The van der Waals surface area contributed by atoms with E-state index in [0.717, 1.165) is 0 Å². The molecule has 0 aliphatic carbocycles. The lowest BCUT2D eigenvalue weighted by Crippen LogP contribution is -2.09. The van der Waals surface area contributed by atoms with Gasteiger partial charge in [0, 0.05) is 29.9 Å². The van der Waals surface area contributed by atoms with Crippen LogP contribution in [0.1, 0.15) is 5.56 Å². The number of hydrogen-bond acceptors (Lipinski definition) is 5. The van der Waals surface area contributed by atoms with E-state index in [2.05, 4.69) is 9.97 Å². The van der Waals surface area contributed by atoms with Crippen LogP contribution < -0.4 is 5.73 Å². The minimum absolute atomic E-state index is 0.0521. The van der Waals surface area contributed by atoms with Gasteiger partial charge in [0.1, 0.15) is 23.6 Å². The Bertz CT molecular complexity index is 1430. The highest BCUT2D eigenvalue weighted by Gasteiger charge is 2.24. The highest BCUT2D eigenvalue weighted by molar-refractivity contribution is 7.90. The number of aromatic nitrogens is 3. The minimum Gasteiger partial charge on any atom is -0.383 e. The van der Waals surface area contributed by atoms with E-state index in [0.29, 0.717) is 28.7 Å². The van der Waals surface area contributed by atoms with Crippen molar-refractivity contribution in [1.82, 2.24) is 14.5 Å². The standard InChI is InChI=1S/C20H14F4N4O2S/c1-28-7-13(16-19(25)26-9-27-20(16)28)12-4-2-3-10(17(12)23)8-31(29,30)11-5-14(21)18(24)15(22)6-11/h2-7,9H,8H2,1H3,(H2,25,26,27). The summed E-state index contributed by atoms with van der Waals surface area (Å²) < 4.78 is 82.3. The van der Waals surface area contributed by atoms with Crippen molar-refractivity contribution in [3.63, 3.8) is 0 Å². The summed E-state index contributed by atoms with van der Waals surface area (Å²) in [5.74, 6) is -6.73. The topological polar surface area (TPSA) is 90.9 Å². The van der Waals surface area contributed by atoms with Crippen molar-refractivity contribution in [2.24, 2.45) is 7.05 Å². The molecule has 0 atom stereocenters. The van der Waals surface area contributed by atoms with E-state index in [-0.39, 0.29) is 16.9 Å². The van der Waals surface area contributed by atoms with Crippen LogP contribution in [0.3, 0.4) is 0 Å². The Hall–Kier alpha value is -3.47. The molecule has 11 heteroatoms. The number of nitrogens with zero attached hydrogens (tertiary/aromatic N) is 3. The van der Waals surface area contributed by atoms with Crippen molar-refractivity contribution in [2.45, 2.75) is 10.6 Å². The average molecular weight is 450 g/mol. The van der Waals surface area contributed by atoms with Crippen molar-refractivity contribution < 1.29 is 26.0 Å². The van der Waals surface area contributed by atoms with Gasteiger partial charge in [-0.05, 0) is 12.1 Å². The van der Waals surface area contributed by atoms with E-state index in [9.17, 15) is 21.6 Å². The number of rotatable bonds is 4. The van der Waals surface area contributed by atoms with Gasteiger partial charge in [0.15, 0.2) is 27.3 Å². The van der Waals surface area contributed by atoms with Crippen molar-refractivity contribution in [1.29, 1.82) is 0 Å². The SMILES string of the molecule is Cn1cc(-c2cccc(CS(=O)(=O)c3cc(F)c(F)c(F)c3)c2F)c2c(N)ncnc21. The lowest BCUT2D eigenvalue weighted by molar-refractivity contribution is 0.442. The first-order valence-corrected chi connectivity index (χ1v) is 10.5. The minimum atomic E-state index is -4.38. The molecule has 2 aromatic carbocycles. The van der Waals surface area contributed by atoms with Crippen molar-refractivity contribution in [3.05, 3.63) is 71.7 Å². The predicted octanol–water partition coefficient (Wildman–Crippen LogP) is 3.75. The Balaban J connectivity index is 1.81. The number of nitrogen functional groups attached to an aromatic ring is 1. The van der Waals surface area contributed by atoms with Gasteiger partial charge in [-0.3, -0.25) is 0 Å². The molecule has 0 spiro atoms. The van der Waals surface area contributed by atoms with Crippen LogP contribution in [0.5, 0.6) is 0 Å². The molecule has 160 valence electrons. The fourth-order valence-electron chi connectivity index (χ4n) is 3.34. The monoisotopic (exact) mass is 450 g/mol. The summed E-state index contributed by atoms with van der Waals surface area (Å²) in [5, 5.41) is 0.395. The Labute approximate surface area is 173 Å². The van der Waals surface area contributed by atoms with Crippen LogP contribution in [0.25, 0.3) is 22.2 Å². The highest BCUT2D eigenvalue weighted by atomic mass is 32.2. The van der Waals surface area contributed by atoms with Crippen LogP contribution in [0.2, 0.25) is 0 Å². The lowest BCUT2D eigenvalue weighted by Gasteiger charge is -2.10. The van der Waals surface area contributed by atoms with E-state index in [1.165, 1.54) is 24.5 Å². The molecule has 0 aliphatic heterocycles. The van der Waals surface area contributed by atoms with Gasteiger partial charge in [-0.15, -0.1) is 0 Å². The molecular formula is C20H14F4N4O2S. The predicted molar refractivity (Wildman–Crippen MR) is 106 cm³/mol. The van der Waals surface area contributed by atoms with Crippen molar-refractivity contribution in [2.75, 3.05) is 5.73 Å². The van der Waals surface area contributed by atoms with E-state index in [4.69, 9.17) is 5.73 Å². The fraction of sp³-hybridized carbons (Fsp3) is 0.100. The summed E-state index contributed by atoms with van der Waals surface area (Å²) in [6, 6.07) is 4.83. The molecule has 0 fully saturated rings. The van der Waals surface area contributed by atoms with Crippen molar-refractivity contribution >= 4 is 26.7 Å². The molecule has 6 nitrogen and oxygen atoms in total. The smallest absolute Gasteiger partial charge is 0.194 e.